The van der Waals surface area contributed by atoms with Crippen LogP contribution in [-0.2, 0) is 0 Å². The van der Waals surface area contributed by atoms with E-state index >= 15 is 0 Å². The zero-order chi connectivity index (χ0) is 14.8. The van der Waals surface area contributed by atoms with Gasteiger partial charge in [-0.25, -0.2) is 4.79 Å². The number of anilines is 2. The molecule has 0 aliphatic carbocycles. The molecule has 0 bridgehead atoms. The first-order valence-corrected chi connectivity index (χ1v) is 6.83. The maximum atomic E-state index is 12.3. The number of ether oxygens (including phenoxy) is 1. The molecule has 0 atom stereocenters. The predicted octanol–water partition coefficient (Wildman–Crippen LogP) is 4.11. The summed E-state index contributed by atoms with van der Waals surface area (Å²) in [5.41, 5.74) is 3.04. The second-order valence-electron chi connectivity index (χ2n) is 4.69. The molecule has 2 amide bonds. The van der Waals surface area contributed by atoms with Gasteiger partial charge in [-0.15, -0.1) is 0 Å². The fourth-order valence-corrected chi connectivity index (χ4v) is 2.39. The summed E-state index contributed by atoms with van der Waals surface area (Å²) in [5.74, 6) is 0.765. The summed E-state index contributed by atoms with van der Waals surface area (Å²) in [5, 5.41) is 2.88. The molecule has 2 aromatic carbocycles. The summed E-state index contributed by atoms with van der Waals surface area (Å²) in [6.07, 6.45) is 0. The van der Waals surface area contributed by atoms with Crippen LogP contribution in [0.25, 0.3) is 5.70 Å². The Bertz CT molecular complexity index is 695. The van der Waals surface area contributed by atoms with Gasteiger partial charge < -0.3 is 10.1 Å². The van der Waals surface area contributed by atoms with E-state index in [0.29, 0.717) is 12.3 Å². The Labute approximate surface area is 123 Å². The summed E-state index contributed by atoms with van der Waals surface area (Å²) in [6.45, 7) is 6.61. The van der Waals surface area contributed by atoms with Crippen LogP contribution >= 0.6 is 0 Å². The molecule has 0 aromatic heterocycles. The standard InChI is InChI=1S/C17H16N2O2/c1-3-21-14-9-10-16-15(11-14)12(2)19(17(20)18-16)13-7-5-4-6-8-13/h4-11H,2-3H2,1H3,(H,18,20). The number of benzene rings is 2. The summed E-state index contributed by atoms with van der Waals surface area (Å²) < 4.78 is 5.52. The lowest BCUT2D eigenvalue weighted by molar-refractivity contribution is 0.258. The highest BCUT2D eigenvalue weighted by Crippen LogP contribution is 2.36. The van der Waals surface area contributed by atoms with Gasteiger partial charge in [-0.05, 0) is 37.3 Å². The van der Waals surface area contributed by atoms with Crippen LogP contribution in [0.3, 0.4) is 0 Å². The zero-order valence-electron chi connectivity index (χ0n) is 11.8. The minimum Gasteiger partial charge on any atom is -0.494 e. The van der Waals surface area contributed by atoms with E-state index in [0.717, 1.165) is 22.7 Å². The van der Waals surface area contributed by atoms with E-state index in [1.807, 2.05) is 55.5 Å². The Hall–Kier alpha value is -2.75. The van der Waals surface area contributed by atoms with Crippen molar-refractivity contribution < 1.29 is 9.53 Å². The van der Waals surface area contributed by atoms with Crippen LogP contribution in [0.4, 0.5) is 16.2 Å². The molecule has 4 nitrogen and oxygen atoms in total. The van der Waals surface area contributed by atoms with Gasteiger partial charge in [-0.3, -0.25) is 4.90 Å². The van der Waals surface area contributed by atoms with E-state index in [2.05, 4.69) is 11.9 Å². The van der Waals surface area contributed by atoms with Crippen molar-refractivity contribution in [1.82, 2.24) is 0 Å². The van der Waals surface area contributed by atoms with Gasteiger partial charge in [0.1, 0.15) is 5.75 Å². The number of nitrogens with zero attached hydrogens (tertiary/aromatic N) is 1. The Balaban J connectivity index is 2.03. The maximum absolute atomic E-state index is 12.3. The summed E-state index contributed by atoms with van der Waals surface area (Å²) >= 11 is 0. The smallest absolute Gasteiger partial charge is 0.330 e. The predicted molar refractivity (Wildman–Crippen MR) is 84.6 cm³/mol. The molecule has 0 fully saturated rings. The lowest BCUT2D eigenvalue weighted by atomic mass is 10.1. The Morgan fingerprint density at radius 1 is 1.19 bits per heavy atom. The third-order valence-corrected chi connectivity index (χ3v) is 3.34. The topological polar surface area (TPSA) is 41.6 Å². The van der Waals surface area contributed by atoms with E-state index in [-0.39, 0.29) is 6.03 Å². The Kier molecular flexibility index (Phi) is 3.36. The molecule has 21 heavy (non-hydrogen) atoms. The number of hydrogen-bond acceptors (Lipinski definition) is 2. The lowest BCUT2D eigenvalue weighted by Crippen LogP contribution is -2.37. The van der Waals surface area contributed by atoms with E-state index in [9.17, 15) is 4.79 Å². The van der Waals surface area contributed by atoms with Gasteiger partial charge in [0.05, 0.1) is 23.7 Å². The summed E-state index contributed by atoms with van der Waals surface area (Å²) in [6, 6.07) is 14.8. The van der Waals surface area contributed by atoms with Crippen molar-refractivity contribution in [2.75, 3.05) is 16.8 Å². The largest absolute Gasteiger partial charge is 0.494 e. The average Bonchev–Trinajstić information content (AvgIpc) is 2.49. The van der Waals surface area contributed by atoms with Crippen molar-refractivity contribution in [3.05, 3.63) is 60.7 Å². The molecule has 0 unspecified atom stereocenters. The molecular weight excluding hydrogens is 264 g/mol. The van der Waals surface area contributed by atoms with Crippen LogP contribution in [-0.4, -0.2) is 12.6 Å². The van der Waals surface area contributed by atoms with Crippen LogP contribution in [0.1, 0.15) is 12.5 Å². The molecule has 2 aromatic rings. The van der Waals surface area contributed by atoms with Crippen LogP contribution in [0, 0.1) is 0 Å². The Morgan fingerprint density at radius 2 is 1.95 bits per heavy atom. The van der Waals surface area contributed by atoms with Crippen molar-refractivity contribution in [3.8, 4) is 5.75 Å². The first-order chi connectivity index (χ1) is 10.2. The van der Waals surface area contributed by atoms with Crippen LogP contribution in [0.5, 0.6) is 5.75 Å². The molecule has 0 spiro atoms. The maximum Gasteiger partial charge on any atom is 0.330 e. The molecule has 0 saturated carbocycles. The second-order valence-corrected chi connectivity index (χ2v) is 4.69. The zero-order valence-corrected chi connectivity index (χ0v) is 11.8. The van der Waals surface area contributed by atoms with Crippen molar-refractivity contribution in [2.45, 2.75) is 6.92 Å². The molecule has 1 heterocycles. The number of rotatable bonds is 3. The van der Waals surface area contributed by atoms with E-state index in [1.54, 1.807) is 4.90 Å². The first-order valence-electron chi connectivity index (χ1n) is 6.83. The lowest BCUT2D eigenvalue weighted by Gasteiger charge is -2.31. The number of carbonyl (C=O) groups is 1. The highest BCUT2D eigenvalue weighted by molar-refractivity contribution is 6.16. The first kappa shape index (κ1) is 13.2. The van der Waals surface area contributed by atoms with Gasteiger partial charge >= 0.3 is 6.03 Å². The average molecular weight is 280 g/mol. The van der Waals surface area contributed by atoms with Crippen molar-refractivity contribution in [3.63, 3.8) is 0 Å². The number of amides is 2. The minimum absolute atomic E-state index is 0.206. The SMILES string of the molecule is C=C1c2cc(OCC)ccc2NC(=O)N1c1ccccc1. The highest BCUT2D eigenvalue weighted by atomic mass is 16.5. The molecule has 1 aliphatic rings. The van der Waals surface area contributed by atoms with E-state index in [1.165, 1.54) is 0 Å². The number of para-hydroxylation sites is 1. The van der Waals surface area contributed by atoms with Crippen molar-refractivity contribution in [2.24, 2.45) is 0 Å². The molecule has 1 N–H and O–H groups in total. The minimum atomic E-state index is -0.206. The number of hydrogen-bond donors (Lipinski definition) is 1. The molecule has 0 saturated heterocycles. The van der Waals surface area contributed by atoms with Crippen LogP contribution in [0.15, 0.2) is 55.1 Å². The van der Waals surface area contributed by atoms with Gasteiger partial charge in [-0.1, -0.05) is 24.8 Å². The fourth-order valence-electron chi connectivity index (χ4n) is 2.39. The number of urea groups is 1. The van der Waals surface area contributed by atoms with Gasteiger partial charge in [-0.2, -0.15) is 0 Å². The third kappa shape index (κ3) is 2.36. The van der Waals surface area contributed by atoms with Gasteiger partial charge in [0.2, 0.25) is 0 Å². The molecule has 4 heteroatoms. The van der Waals surface area contributed by atoms with E-state index in [4.69, 9.17) is 4.74 Å². The normalized spacial score (nSPS) is 13.7. The van der Waals surface area contributed by atoms with Gasteiger partial charge in [0.25, 0.3) is 0 Å². The summed E-state index contributed by atoms with van der Waals surface area (Å²) in [4.78, 5) is 13.9. The molecule has 1 aliphatic heterocycles. The third-order valence-electron chi connectivity index (χ3n) is 3.34. The van der Waals surface area contributed by atoms with E-state index < -0.39 is 0 Å². The molecular formula is C17H16N2O2. The molecule has 0 radical (unpaired) electrons. The summed E-state index contributed by atoms with van der Waals surface area (Å²) in [7, 11) is 0. The van der Waals surface area contributed by atoms with Crippen LogP contribution < -0.4 is 15.0 Å². The van der Waals surface area contributed by atoms with Crippen molar-refractivity contribution in [1.29, 1.82) is 0 Å². The number of fused-ring (bicyclic) bond motifs is 1. The van der Waals surface area contributed by atoms with Gasteiger partial charge in [0, 0.05) is 5.56 Å². The molecule has 3 rings (SSSR count). The highest BCUT2D eigenvalue weighted by Gasteiger charge is 2.27. The second kappa shape index (κ2) is 5.32. The fraction of sp³-hybridized carbons (Fsp3) is 0.118. The monoisotopic (exact) mass is 280 g/mol. The van der Waals surface area contributed by atoms with Crippen LogP contribution in [0.2, 0.25) is 0 Å². The number of nitrogens with one attached hydrogen (secondary N) is 1. The van der Waals surface area contributed by atoms with Crippen molar-refractivity contribution >= 4 is 23.1 Å². The number of carbonyl (C=O) groups excluding carboxylic acids is 1. The Morgan fingerprint density at radius 3 is 2.67 bits per heavy atom. The molecule has 106 valence electrons. The van der Waals surface area contributed by atoms with Gasteiger partial charge in [0.15, 0.2) is 0 Å². The quantitative estimate of drug-likeness (QED) is 0.919.